The summed E-state index contributed by atoms with van der Waals surface area (Å²) in [5.41, 5.74) is 4.56. The number of imide groups is 1. The molecule has 2 rings (SSSR count). The maximum atomic E-state index is 12.7. The molecule has 1 aliphatic heterocycles. The number of hydrogen-bond donors (Lipinski definition) is 4. The Morgan fingerprint density at radius 3 is 2.08 bits per heavy atom. The summed E-state index contributed by atoms with van der Waals surface area (Å²) in [5.74, 6) is 8.68. The first-order valence-electron chi connectivity index (χ1n) is 7.65. The average molecular weight is 348 g/mol. The molecule has 1 aromatic carbocycles. The van der Waals surface area contributed by atoms with E-state index in [9.17, 15) is 19.2 Å². The fourth-order valence-corrected chi connectivity index (χ4v) is 2.61. The predicted molar refractivity (Wildman–Crippen MR) is 86.9 cm³/mol. The zero-order chi connectivity index (χ0) is 18.4. The van der Waals surface area contributed by atoms with Crippen LogP contribution in [0.3, 0.4) is 0 Å². The molecule has 5 amide bonds. The number of rotatable bonds is 7. The van der Waals surface area contributed by atoms with Gasteiger partial charge in [0, 0.05) is 25.9 Å². The Kier molecular flexibility index (Phi) is 6.03. The van der Waals surface area contributed by atoms with Crippen LogP contribution in [-0.2, 0) is 14.4 Å². The summed E-state index contributed by atoms with van der Waals surface area (Å²) in [6, 6.07) is 7.34. The van der Waals surface area contributed by atoms with Crippen LogP contribution < -0.4 is 22.5 Å². The Morgan fingerprint density at radius 1 is 0.960 bits per heavy atom. The number of carbonyl (C=O) groups excluding carboxylic acids is 4. The van der Waals surface area contributed by atoms with Crippen molar-refractivity contribution in [2.45, 2.75) is 18.9 Å². The summed E-state index contributed by atoms with van der Waals surface area (Å²) < 4.78 is 0. The topological polar surface area (TPSA) is 151 Å². The van der Waals surface area contributed by atoms with E-state index in [-0.39, 0.29) is 25.9 Å². The smallest absolute Gasteiger partial charge is 0.308 e. The lowest BCUT2D eigenvalue weighted by molar-refractivity contribution is -0.129. The summed E-state index contributed by atoms with van der Waals surface area (Å²) in [7, 11) is 0. The number of nitrogens with zero attached hydrogens (tertiary/aromatic N) is 2. The lowest BCUT2D eigenvalue weighted by Crippen LogP contribution is -2.39. The molecule has 10 nitrogen and oxygen atoms in total. The van der Waals surface area contributed by atoms with E-state index < -0.39 is 29.8 Å². The second-order valence-corrected chi connectivity index (χ2v) is 5.41. The van der Waals surface area contributed by atoms with Crippen LogP contribution in [0.1, 0.15) is 24.4 Å². The molecular formula is C15H20N6O4. The summed E-state index contributed by atoms with van der Waals surface area (Å²) >= 11 is 0. The number of nitrogens with one attached hydrogen (secondary N) is 2. The van der Waals surface area contributed by atoms with E-state index >= 15 is 0 Å². The maximum absolute atomic E-state index is 12.7. The Balaban J connectivity index is 2.23. The van der Waals surface area contributed by atoms with Crippen molar-refractivity contribution in [3.63, 3.8) is 0 Å². The lowest BCUT2D eigenvalue weighted by Gasteiger charge is -2.21. The van der Waals surface area contributed by atoms with Crippen LogP contribution in [0.25, 0.3) is 0 Å². The SMILES string of the molecule is NNC(=O)CCN1C(=O)C(c2ccccc2)N(CCC(=O)NN)C1=O. The molecule has 1 saturated heterocycles. The number of urea groups is 1. The molecule has 1 aliphatic rings. The van der Waals surface area contributed by atoms with Crippen molar-refractivity contribution in [2.75, 3.05) is 13.1 Å². The van der Waals surface area contributed by atoms with Gasteiger partial charge >= 0.3 is 6.03 Å². The molecule has 134 valence electrons. The minimum atomic E-state index is -0.847. The number of hydrogen-bond acceptors (Lipinski definition) is 6. The van der Waals surface area contributed by atoms with Gasteiger partial charge in [0.05, 0.1) is 0 Å². The molecule has 10 heteroatoms. The molecule has 1 aromatic rings. The first kappa shape index (κ1) is 18.4. The lowest BCUT2D eigenvalue weighted by atomic mass is 10.1. The van der Waals surface area contributed by atoms with Crippen LogP contribution in [-0.4, -0.2) is 46.6 Å². The van der Waals surface area contributed by atoms with Gasteiger partial charge in [-0.25, -0.2) is 16.5 Å². The second-order valence-electron chi connectivity index (χ2n) is 5.41. The van der Waals surface area contributed by atoms with Gasteiger partial charge in [-0.3, -0.25) is 30.1 Å². The number of nitrogens with two attached hydrogens (primary N) is 2. The van der Waals surface area contributed by atoms with E-state index in [0.717, 1.165) is 4.90 Å². The van der Waals surface area contributed by atoms with Crippen molar-refractivity contribution >= 4 is 23.8 Å². The minimum Gasteiger partial charge on any atom is -0.308 e. The third-order valence-corrected chi connectivity index (χ3v) is 3.87. The molecule has 1 fully saturated rings. The molecule has 25 heavy (non-hydrogen) atoms. The van der Waals surface area contributed by atoms with Crippen LogP contribution in [0, 0.1) is 0 Å². The Labute approximate surface area is 144 Å². The molecular weight excluding hydrogens is 328 g/mol. The first-order chi connectivity index (χ1) is 12.0. The molecule has 0 spiro atoms. The average Bonchev–Trinajstić information content (AvgIpc) is 2.88. The van der Waals surface area contributed by atoms with E-state index in [0.29, 0.717) is 5.56 Å². The molecule has 0 saturated carbocycles. The molecule has 1 heterocycles. The number of amides is 5. The van der Waals surface area contributed by atoms with Crippen molar-refractivity contribution in [3.8, 4) is 0 Å². The zero-order valence-corrected chi connectivity index (χ0v) is 13.5. The van der Waals surface area contributed by atoms with E-state index in [1.165, 1.54) is 4.90 Å². The van der Waals surface area contributed by atoms with Crippen molar-refractivity contribution in [1.29, 1.82) is 0 Å². The largest absolute Gasteiger partial charge is 0.327 e. The number of hydrazine groups is 2. The summed E-state index contributed by atoms with van der Waals surface area (Å²) in [6.07, 6.45) is -0.150. The number of carbonyl (C=O) groups is 4. The molecule has 6 N–H and O–H groups in total. The van der Waals surface area contributed by atoms with Crippen molar-refractivity contribution in [1.82, 2.24) is 20.7 Å². The van der Waals surface area contributed by atoms with Gasteiger partial charge in [-0.05, 0) is 5.56 Å². The van der Waals surface area contributed by atoms with E-state index in [1.54, 1.807) is 30.3 Å². The monoisotopic (exact) mass is 348 g/mol. The highest BCUT2D eigenvalue weighted by atomic mass is 16.2. The highest BCUT2D eigenvalue weighted by Crippen LogP contribution is 2.31. The van der Waals surface area contributed by atoms with Crippen LogP contribution in [0.15, 0.2) is 30.3 Å². The van der Waals surface area contributed by atoms with Gasteiger partial charge in [0.2, 0.25) is 11.8 Å². The second kappa shape index (κ2) is 8.22. The van der Waals surface area contributed by atoms with Crippen LogP contribution in [0.2, 0.25) is 0 Å². The highest BCUT2D eigenvalue weighted by Gasteiger charge is 2.45. The first-order valence-corrected chi connectivity index (χ1v) is 7.65. The predicted octanol–water partition coefficient (Wildman–Crippen LogP) is -1.25. The maximum Gasteiger partial charge on any atom is 0.327 e. The van der Waals surface area contributed by atoms with Crippen molar-refractivity contribution in [3.05, 3.63) is 35.9 Å². The van der Waals surface area contributed by atoms with Crippen LogP contribution in [0.5, 0.6) is 0 Å². The van der Waals surface area contributed by atoms with Gasteiger partial charge in [0.15, 0.2) is 0 Å². The Bertz CT molecular complexity index is 665. The van der Waals surface area contributed by atoms with Crippen LogP contribution in [0.4, 0.5) is 4.79 Å². The molecule has 0 aliphatic carbocycles. The third-order valence-electron chi connectivity index (χ3n) is 3.87. The standard InChI is InChI=1S/C15H20N6O4/c16-18-11(22)6-8-20-13(10-4-2-1-3-5-10)14(24)21(15(20)25)9-7-12(23)19-17/h1-5,13H,6-9,16-17H2,(H,18,22)(H,19,23). The summed E-state index contributed by atoms with van der Waals surface area (Å²) in [6.45, 7) is -0.0730. The van der Waals surface area contributed by atoms with Gasteiger partial charge in [0.1, 0.15) is 6.04 Å². The molecule has 1 unspecified atom stereocenters. The third kappa shape index (κ3) is 4.11. The van der Waals surface area contributed by atoms with Gasteiger partial charge in [-0.1, -0.05) is 30.3 Å². The number of benzene rings is 1. The molecule has 0 aromatic heterocycles. The quantitative estimate of drug-likeness (QED) is 0.209. The molecule has 1 atom stereocenters. The minimum absolute atomic E-state index is 0.0206. The zero-order valence-electron chi connectivity index (χ0n) is 13.5. The van der Waals surface area contributed by atoms with E-state index in [4.69, 9.17) is 11.7 Å². The van der Waals surface area contributed by atoms with Gasteiger partial charge in [-0.2, -0.15) is 0 Å². The Hall–Kier alpha value is -2.98. The molecule has 0 bridgehead atoms. The van der Waals surface area contributed by atoms with Crippen molar-refractivity contribution in [2.24, 2.45) is 11.7 Å². The van der Waals surface area contributed by atoms with E-state index in [1.807, 2.05) is 10.9 Å². The van der Waals surface area contributed by atoms with Crippen molar-refractivity contribution < 1.29 is 19.2 Å². The normalized spacial score (nSPS) is 17.0. The van der Waals surface area contributed by atoms with Gasteiger partial charge in [0.25, 0.3) is 5.91 Å². The van der Waals surface area contributed by atoms with Crippen LogP contribution >= 0.6 is 0 Å². The van der Waals surface area contributed by atoms with Gasteiger partial charge < -0.3 is 4.90 Å². The summed E-state index contributed by atoms with van der Waals surface area (Å²) in [5, 5.41) is 0. The highest BCUT2D eigenvalue weighted by molar-refractivity contribution is 6.05. The molecule has 0 radical (unpaired) electrons. The summed E-state index contributed by atoms with van der Waals surface area (Å²) in [4.78, 5) is 50.3. The Morgan fingerprint density at radius 2 is 1.52 bits per heavy atom. The van der Waals surface area contributed by atoms with E-state index in [2.05, 4.69) is 0 Å². The fraction of sp³-hybridized carbons (Fsp3) is 0.333. The van der Waals surface area contributed by atoms with Gasteiger partial charge in [-0.15, -0.1) is 0 Å². The fourth-order valence-electron chi connectivity index (χ4n) is 2.61.